The maximum atomic E-state index is 12.6. The summed E-state index contributed by atoms with van der Waals surface area (Å²) in [6.45, 7) is 1.94. The number of alkyl halides is 2. The monoisotopic (exact) mass is 320 g/mol. The fraction of sp³-hybridized carbons (Fsp3) is 0.462. The van der Waals surface area contributed by atoms with Crippen molar-refractivity contribution in [3.8, 4) is 0 Å². The molecule has 0 saturated carbocycles. The van der Waals surface area contributed by atoms with Crippen LogP contribution in [0.1, 0.15) is 26.2 Å². The number of amides is 1. The highest BCUT2D eigenvalue weighted by Crippen LogP contribution is 2.26. The molecule has 1 amide bonds. The zero-order valence-corrected chi connectivity index (χ0v) is 12.4. The molecule has 0 aliphatic rings. The van der Waals surface area contributed by atoms with Crippen molar-refractivity contribution < 1.29 is 22.0 Å². The number of halogens is 2. The van der Waals surface area contributed by atoms with E-state index in [0.717, 1.165) is 18.9 Å². The van der Waals surface area contributed by atoms with Gasteiger partial charge in [0.2, 0.25) is 15.7 Å². The van der Waals surface area contributed by atoms with Crippen LogP contribution in [0.5, 0.6) is 0 Å². The summed E-state index contributed by atoms with van der Waals surface area (Å²) in [7, 11) is -4.78. The summed E-state index contributed by atoms with van der Waals surface area (Å²) in [4.78, 5) is 11.2. The molecule has 1 rings (SSSR count). The van der Waals surface area contributed by atoms with Gasteiger partial charge in [0.05, 0.1) is 16.6 Å². The summed E-state index contributed by atoms with van der Waals surface area (Å²) >= 11 is 0. The standard InChI is InChI=1S/C13H18F2N2O3S/c1-2-3-6-9(16)12(18)17-10-7-4-5-8-11(10)21(19,20)13(14)15/h4-5,7-9,13H,2-3,6,16H2,1H3,(H,17,18). The van der Waals surface area contributed by atoms with Gasteiger partial charge in [-0.3, -0.25) is 4.79 Å². The van der Waals surface area contributed by atoms with Crippen LogP contribution in [-0.4, -0.2) is 26.1 Å². The topological polar surface area (TPSA) is 89.3 Å². The van der Waals surface area contributed by atoms with Gasteiger partial charge in [0, 0.05) is 0 Å². The second-order valence-corrected chi connectivity index (χ2v) is 6.43. The average Bonchev–Trinajstić information content (AvgIpc) is 2.44. The molecule has 1 unspecified atom stereocenters. The molecule has 8 heteroatoms. The Bertz CT molecular complexity index is 591. The number of nitrogens with one attached hydrogen (secondary N) is 1. The van der Waals surface area contributed by atoms with Crippen LogP contribution in [0.4, 0.5) is 14.5 Å². The molecule has 21 heavy (non-hydrogen) atoms. The summed E-state index contributed by atoms with van der Waals surface area (Å²) < 4.78 is 48.3. The van der Waals surface area contributed by atoms with Crippen molar-refractivity contribution in [2.45, 2.75) is 42.9 Å². The highest BCUT2D eigenvalue weighted by Gasteiger charge is 2.29. The fourth-order valence-electron chi connectivity index (χ4n) is 1.69. The Morgan fingerprint density at radius 1 is 1.33 bits per heavy atom. The molecule has 0 spiro atoms. The Kier molecular flexibility index (Phi) is 6.22. The second kappa shape index (κ2) is 7.46. The number of hydrogen-bond acceptors (Lipinski definition) is 4. The number of hydrogen-bond donors (Lipinski definition) is 2. The van der Waals surface area contributed by atoms with Crippen molar-refractivity contribution in [2.24, 2.45) is 5.73 Å². The molecule has 5 nitrogen and oxygen atoms in total. The number of rotatable bonds is 7. The van der Waals surface area contributed by atoms with Crippen LogP contribution >= 0.6 is 0 Å². The van der Waals surface area contributed by atoms with E-state index in [1.165, 1.54) is 18.2 Å². The lowest BCUT2D eigenvalue weighted by Crippen LogP contribution is -2.35. The van der Waals surface area contributed by atoms with Crippen molar-refractivity contribution in [3.05, 3.63) is 24.3 Å². The molecule has 1 aromatic rings. The van der Waals surface area contributed by atoms with Crippen LogP contribution in [0.25, 0.3) is 0 Å². The molecular weight excluding hydrogens is 302 g/mol. The lowest BCUT2D eigenvalue weighted by Gasteiger charge is -2.14. The van der Waals surface area contributed by atoms with E-state index in [0.29, 0.717) is 6.42 Å². The smallest absolute Gasteiger partial charge is 0.324 e. The number of carbonyl (C=O) groups excluding carboxylic acids is 1. The van der Waals surface area contributed by atoms with E-state index in [-0.39, 0.29) is 5.69 Å². The third kappa shape index (κ3) is 4.47. The lowest BCUT2D eigenvalue weighted by molar-refractivity contribution is -0.117. The minimum atomic E-state index is -4.78. The average molecular weight is 320 g/mol. The number of carbonyl (C=O) groups is 1. The van der Waals surface area contributed by atoms with E-state index in [2.05, 4.69) is 5.32 Å². The number of para-hydroxylation sites is 1. The first-order valence-corrected chi connectivity index (χ1v) is 8.02. The highest BCUT2D eigenvalue weighted by molar-refractivity contribution is 7.91. The summed E-state index contributed by atoms with van der Waals surface area (Å²) in [6.07, 6.45) is 2.04. The molecule has 0 saturated heterocycles. The van der Waals surface area contributed by atoms with Crippen LogP contribution in [0.2, 0.25) is 0 Å². The molecule has 1 aromatic carbocycles. The number of unbranched alkanes of at least 4 members (excludes halogenated alkanes) is 1. The highest BCUT2D eigenvalue weighted by atomic mass is 32.2. The molecule has 118 valence electrons. The Morgan fingerprint density at radius 2 is 1.95 bits per heavy atom. The van der Waals surface area contributed by atoms with Gasteiger partial charge in [-0.15, -0.1) is 0 Å². The molecule has 0 aliphatic heterocycles. The first-order valence-electron chi connectivity index (χ1n) is 6.48. The minimum Gasteiger partial charge on any atom is -0.324 e. The molecule has 0 fully saturated rings. The molecule has 0 aliphatic carbocycles. The van der Waals surface area contributed by atoms with Crippen LogP contribution in [-0.2, 0) is 14.6 Å². The van der Waals surface area contributed by atoms with Crippen molar-refractivity contribution in [1.29, 1.82) is 0 Å². The second-order valence-electron chi connectivity index (χ2n) is 4.54. The lowest BCUT2D eigenvalue weighted by atomic mass is 10.1. The summed E-state index contributed by atoms with van der Waals surface area (Å²) in [5, 5.41) is 2.30. The van der Waals surface area contributed by atoms with Gasteiger partial charge in [0.25, 0.3) is 0 Å². The van der Waals surface area contributed by atoms with E-state index in [4.69, 9.17) is 5.73 Å². The van der Waals surface area contributed by atoms with Gasteiger partial charge >= 0.3 is 5.76 Å². The van der Waals surface area contributed by atoms with Crippen molar-refractivity contribution in [1.82, 2.24) is 0 Å². The first kappa shape index (κ1) is 17.5. The maximum Gasteiger partial charge on any atom is 0.341 e. The van der Waals surface area contributed by atoms with E-state index in [9.17, 15) is 22.0 Å². The van der Waals surface area contributed by atoms with E-state index in [1.54, 1.807) is 0 Å². The molecule has 1 atom stereocenters. The van der Waals surface area contributed by atoms with Crippen molar-refractivity contribution >= 4 is 21.4 Å². The van der Waals surface area contributed by atoms with Gasteiger partial charge in [-0.05, 0) is 18.6 Å². The summed E-state index contributed by atoms with van der Waals surface area (Å²) in [5.41, 5.74) is 5.48. The Morgan fingerprint density at radius 3 is 2.52 bits per heavy atom. The fourth-order valence-corrected chi connectivity index (χ4v) is 2.58. The normalized spacial score (nSPS) is 13.2. The predicted molar refractivity (Wildman–Crippen MR) is 75.8 cm³/mol. The number of anilines is 1. The largest absolute Gasteiger partial charge is 0.341 e. The molecule has 0 aromatic heterocycles. The summed E-state index contributed by atoms with van der Waals surface area (Å²) in [6, 6.07) is 4.21. The van der Waals surface area contributed by atoms with Crippen molar-refractivity contribution in [3.63, 3.8) is 0 Å². The molecule has 0 heterocycles. The Hall–Kier alpha value is -1.54. The van der Waals surface area contributed by atoms with Gasteiger partial charge < -0.3 is 11.1 Å². The Labute approximate surface area is 122 Å². The first-order chi connectivity index (χ1) is 9.80. The van der Waals surface area contributed by atoms with E-state index < -0.39 is 32.4 Å². The van der Waals surface area contributed by atoms with Crippen LogP contribution in [0.3, 0.4) is 0 Å². The van der Waals surface area contributed by atoms with Gasteiger partial charge in [-0.25, -0.2) is 8.42 Å². The van der Waals surface area contributed by atoms with Crippen LogP contribution in [0.15, 0.2) is 29.2 Å². The molecule has 0 bridgehead atoms. The van der Waals surface area contributed by atoms with Gasteiger partial charge in [0.1, 0.15) is 0 Å². The third-order valence-corrected chi connectivity index (χ3v) is 4.33. The van der Waals surface area contributed by atoms with Crippen LogP contribution < -0.4 is 11.1 Å². The number of benzene rings is 1. The van der Waals surface area contributed by atoms with Crippen molar-refractivity contribution in [2.75, 3.05) is 5.32 Å². The predicted octanol–water partition coefficient (Wildman–Crippen LogP) is 2.14. The summed E-state index contributed by atoms with van der Waals surface area (Å²) in [5.74, 6) is -4.15. The molecule has 0 radical (unpaired) electrons. The van der Waals surface area contributed by atoms with Gasteiger partial charge in [-0.1, -0.05) is 31.9 Å². The Balaban J connectivity index is 2.98. The third-order valence-electron chi connectivity index (χ3n) is 2.89. The SMILES string of the molecule is CCCCC(N)C(=O)Nc1ccccc1S(=O)(=O)C(F)F. The zero-order chi connectivity index (χ0) is 16.0. The zero-order valence-electron chi connectivity index (χ0n) is 11.6. The van der Waals surface area contributed by atoms with E-state index >= 15 is 0 Å². The molecule has 3 N–H and O–H groups in total. The van der Waals surface area contributed by atoms with Gasteiger partial charge in [0.15, 0.2) is 0 Å². The van der Waals surface area contributed by atoms with Crippen LogP contribution in [0, 0.1) is 0 Å². The number of sulfone groups is 1. The number of nitrogens with two attached hydrogens (primary N) is 1. The maximum absolute atomic E-state index is 12.6. The van der Waals surface area contributed by atoms with E-state index in [1.807, 2.05) is 6.92 Å². The quantitative estimate of drug-likeness (QED) is 0.805. The molecular formula is C13H18F2N2O3S. The van der Waals surface area contributed by atoms with Gasteiger partial charge in [-0.2, -0.15) is 8.78 Å². The minimum absolute atomic E-state index is 0.185.